The third-order valence-corrected chi connectivity index (χ3v) is 3.67. The summed E-state index contributed by atoms with van der Waals surface area (Å²) in [6, 6.07) is 5.40. The molecule has 1 aromatic carbocycles. The Kier molecular flexibility index (Phi) is 5.09. The van der Waals surface area contributed by atoms with Gasteiger partial charge in [0.1, 0.15) is 6.54 Å². The number of benzene rings is 1. The SMILES string of the molecule is CN(C)C(=O)Cn1cc(NCc2c(Cl)cccc2Cl)cn1. The van der Waals surface area contributed by atoms with E-state index in [1.807, 2.05) is 0 Å². The molecule has 0 spiro atoms. The van der Waals surface area contributed by atoms with Crippen LogP contribution >= 0.6 is 23.2 Å². The van der Waals surface area contributed by atoms with Gasteiger partial charge in [-0.1, -0.05) is 29.3 Å². The van der Waals surface area contributed by atoms with Gasteiger partial charge in [-0.15, -0.1) is 0 Å². The number of nitrogens with one attached hydrogen (secondary N) is 1. The van der Waals surface area contributed by atoms with E-state index >= 15 is 0 Å². The van der Waals surface area contributed by atoms with Gasteiger partial charge in [0.05, 0.1) is 11.9 Å². The zero-order valence-electron chi connectivity index (χ0n) is 11.8. The van der Waals surface area contributed by atoms with E-state index in [-0.39, 0.29) is 12.5 Å². The molecule has 1 N–H and O–H groups in total. The third-order valence-electron chi connectivity index (χ3n) is 2.96. The van der Waals surface area contributed by atoms with Crippen LogP contribution in [0, 0.1) is 0 Å². The molecule has 0 bridgehead atoms. The first-order valence-electron chi connectivity index (χ1n) is 6.36. The fraction of sp³-hybridized carbons (Fsp3) is 0.286. The molecule has 0 saturated heterocycles. The first-order chi connectivity index (χ1) is 9.97. The second-order valence-corrected chi connectivity index (χ2v) is 5.58. The lowest BCUT2D eigenvalue weighted by atomic mass is 10.2. The molecular weight excluding hydrogens is 311 g/mol. The molecule has 2 aromatic rings. The lowest BCUT2D eigenvalue weighted by Crippen LogP contribution is -2.26. The number of likely N-dealkylation sites (N-methyl/N-ethyl adjacent to an activating group) is 1. The zero-order chi connectivity index (χ0) is 15.4. The van der Waals surface area contributed by atoms with Gasteiger partial charge in [-0.25, -0.2) is 0 Å². The molecule has 21 heavy (non-hydrogen) atoms. The van der Waals surface area contributed by atoms with Crippen molar-refractivity contribution in [1.82, 2.24) is 14.7 Å². The number of anilines is 1. The molecule has 0 atom stereocenters. The minimum absolute atomic E-state index is 0.0150. The molecule has 0 radical (unpaired) electrons. The molecule has 0 fully saturated rings. The Labute approximate surface area is 133 Å². The lowest BCUT2D eigenvalue weighted by Gasteiger charge is -2.09. The molecule has 0 unspecified atom stereocenters. The summed E-state index contributed by atoms with van der Waals surface area (Å²) in [6.07, 6.45) is 3.43. The van der Waals surface area contributed by atoms with Crippen molar-refractivity contribution in [2.75, 3.05) is 19.4 Å². The van der Waals surface area contributed by atoms with Crippen LogP contribution in [0.3, 0.4) is 0 Å². The predicted octanol–water partition coefficient (Wildman–Crippen LogP) is 2.89. The molecule has 0 aliphatic heterocycles. The Morgan fingerprint density at radius 3 is 2.62 bits per heavy atom. The Balaban J connectivity index is 1.99. The van der Waals surface area contributed by atoms with E-state index in [1.165, 1.54) is 4.90 Å². The molecule has 0 aliphatic rings. The summed E-state index contributed by atoms with van der Waals surface area (Å²) in [6.45, 7) is 0.702. The van der Waals surface area contributed by atoms with Crippen molar-refractivity contribution in [3.05, 3.63) is 46.2 Å². The van der Waals surface area contributed by atoms with Crippen LogP contribution in [0.25, 0.3) is 0 Å². The number of hydrogen-bond donors (Lipinski definition) is 1. The van der Waals surface area contributed by atoms with Gasteiger partial charge in [-0.3, -0.25) is 9.48 Å². The minimum atomic E-state index is -0.0150. The molecule has 7 heteroatoms. The molecular formula is C14H16Cl2N4O. The predicted molar refractivity (Wildman–Crippen MR) is 84.7 cm³/mol. The van der Waals surface area contributed by atoms with Crippen LogP contribution in [0.15, 0.2) is 30.6 Å². The maximum atomic E-state index is 11.6. The second-order valence-electron chi connectivity index (χ2n) is 4.77. The van der Waals surface area contributed by atoms with E-state index in [0.717, 1.165) is 11.3 Å². The van der Waals surface area contributed by atoms with Gasteiger partial charge >= 0.3 is 0 Å². The number of halogens is 2. The molecule has 2 rings (SSSR count). The van der Waals surface area contributed by atoms with Gasteiger partial charge in [0, 0.05) is 42.4 Å². The highest BCUT2D eigenvalue weighted by molar-refractivity contribution is 6.36. The molecule has 0 saturated carbocycles. The van der Waals surface area contributed by atoms with Crippen molar-refractivity contribution in [2.45, 2.75) is 13.1 Å². The average molecular weight is 327 g/mol. The fourth-order valence-electron chi connectivity index (χ4n) is 1.71. The van der Waals surface area contributed by atoms with E-state index in [9.17, 15) is 4.79 Å². The van der Waals surface area contributed by atoms with Crippen LogP contribution in [0.2, 0.25) is 10.0 Å². The van der Waals surface area contributed by atoms with E-state index in [2.05, 4.69) is 10.4 Å². The number of carbonyl (C=O) groups is 1. The second kappa shape index (κ2) is 6.83. The number of hydrogen-bond acceptors (Lipinski definition) is 3. The maximum Gasteiger partial charge on any atom is 0.243 e. The molecule has 1 aromatic heterocycles. The van der Waals surface area contributed by atoms with Crippen molar-refractivity contribution < 1.29 is 4.79 Å². The summed E-state index contributed by atoms with van der Waals surface area (Å²) >= 11 is 12.2. The zero-order valence-corrected chi connectivity index (χ0v) is 13.3. The number of aromatic nitrogens is 2. The average Bonchev–Trinajstić information content (AvgIpc) is 2.85. The number of nitrogens with zero attached hydrogens (tertiary/aromatic N) is 3. The highest BCUT2D eigenvalue weighted by Crippen LogP contribution is 2.25. The van der Waals surface area contributed by atoms with E-state index in [4.69, 9.17) is 23.2 Å². The molecule has 5 nitrogen and oxygen atoms in total. The quantitative estimate of drug-likeness (QED) is 0.919. The van der Waals surface area contributed by atoms with E-state index in [1.54, 1.807) is 49.4 Å². The first-order valence-corrected chi connectivity index (χ1v) is 7.12. The van der Waals surface area contributed by atoms with Crippen molar-refractivity contribution in [3.8, 4) is 0 Å². The first kappa shape index (κ1) is 15.7. The Morgan fingerprint density at radius 2 is 2.00 bits per heavy atom. The largest absolute Gasteiger partial charge is 0.378 e. The summed E-state index contributed by atoms with van der Waals surface area (Å²) < 4.78 is 1.58. The van der Waals surface area contributed by atoms with Gasteiger partial charge < -0.3 is 10.2 Å². The highest BCUT2D eigenvalue weighted by Gasteiger charge is 2.08. The Bertz CT molecular complexity index is 619. The Morgan fingerprint density at radius 1 is 1.33 bits per heavy atom. The van der Waals surface area contributed by atoms with E-state index < -0.39 is 0 Å². The smallest absolute Gasteiger partial charge is 0.243 e. The van der Waals surface area contributed by atoms with Gasteiger partial charge in [0.25, 0.3) is 0 Å². The molecule has 0 aliphatic carbocycles. The van der Waals surface area contributed by atoms with Crippen molar-refractivity contribution in [1.29, 1.82) is 0 Å². The summed E-state index contributed by atoms with van der Waals surface area (Å²) in [4.78, 5) is 13.1. The van der Waals surface area contributed by atoms with Crippen LogP contribution in [-0.4, -0.2) is 34.7 Å². The van der Waals surface area contributed by atoms with Crippen molar-refractivity contribution in [2.24, 2.45) is 0 Å². The molecule has 1 heterocycles. The number of amides is 1. The van der Waals surface area contributed by atoms with Crippen LogP contribution in [-0.2, 0) is 17.9 Å². The minimum Gasteiger partial charge on any atom is -0.378 e. The van der Waals surface area contributed by atoms with Crippen LogP contribution in [0.5, 0.6) is 0 Å². The number of carbonyl (C=O) groups excluding carboxylic acids is 1. The standard InChI is InChI=1S/C14H16Cl2N4O/c1-19(2)14(21)9-20-8-10(6-18-20)17-7-11-12(15)4-3-5-13(11)16/h3-6,8,17H,7,9H2,1-2H3. The van der Waals surface area contributed by atoms with Crippen molar-refractivity contribution >= 4 is 34.8 Å². The van der Waals surface area contributed by atoms with Gasteiger partial charge in [0.15, 0.2) is 0 Å². The van der Waals surface area contributed by atoms with Crippen LogP contribution in [0.4, 0.5) is 5.69 Å². The molecule has 112 valence electrons. The summed E-state index contributed by atoms with van der Waals surface area (Å²) in [5.74, 6) is -0.0150. The summed E-state index contributed by atoms with van der Waals surface area (Å²) in [5.41, 5.74) is 1.63. The van der Waals surface area contributed by atoms with Crippen LogP contribution < -0.4 is 5.32 Å². The van der Waals surface area contributed by atoms with Crippen LogP contribution in [0.1, 0.15) is 5.56 Å². The highest BCUT2D eigenvalue weighted by atomic mass is 35.5. The van der Waals surface area contributed by atoms with Crippen molar-refractivity contribution in [3.63, 3.8) is 0 Å². The third kappa shape index (κ3) is 4.12. The molecule has 1 amide bonds. The summed E-state index contributed by atoms with van der Waals surface area (Å²) in [5, 5.41) is 8.56. The van der Waals surface area contributed by atoms with E-state index in [0.29, 0.717) is 16.6 Å². The van der Waals surface area contributed by atoms with Gasteiger partial charge in [0.2, 0.25) is 5.91 Å². The number of rotatable bonds is 5. The lowest BCUT2D eigenvalue weighted by molar-refractivity contribution is -0.129. The topological polar surface area (TPSA) is 50.2 Å². The fourth-order valence-corrected chi connectivity index (χ4v) is 2.24. The maximum absolute atomic E-state index is 11.6. The summed E-state index contributed by atoms with van der Waals surface area (Å²) in [7, 11) is 3.43. The monoisotopic (exact) mass is 326 g/mol. The van der Waals surface area contributed by atoms with Gasteiger partial charge in [-0.05, 0) is 12.1 Å². The normalized spacial score (nSPS) is 10.5. The Hall–Kier alpha value is -1.72. The van der Waals surface area contributed by atoms with Gasteiger partial charge in [-0.2, -0.15) is 5.10 Å².